The molecule has 28 nitrogen and oxygen atoms in total. The number of rotatable bonds is 30. The smallest absolute Gasteiger partial charge is 0.374 e. The molecule has 0 heterocycles. The highest BCUT2D eigenvalue weighted by atomic mass is 16.6. The van der Waals surface area contributed by atoms with Gasteiger partial charge in [0.25, 0.3) is 0 Å². The van der Waals surface area contributed by atoms with Gasteiger partial charge in [-0.05, 0) is 110 Å². The van der Waals surface area contributed by atoms with Crippen LogP contribution in [-0.2, 0) is 100 Å². The van der Waals surface area contributed by atoms with E-state index in [0.717, 1.165) is 0 Å². The third kappa shape index (κ3) is 44.5. The molecule has 0 radical (unpaired) electrons. The largest absolute Gasteiger partial charge is 0.469 e. The third-order valence-electron chi connectivity index (χ3n) is 14.4. The molecule has 0 aromatic carbocycles. The highest BCUT2D eigenvalue weighted by Crippen LogP contribution is 2.35. The zero-order valence-electron chi connectivity index (χ0n) is 57.7. The molecule has 0 fully saturated rings. The third-order valence-corrected chi connectivity index (χ3v) is 14.4. The summed E-state index contributed by atoms with van der Waals surface area (Å²) in [6, 6.07) is 0. The summed E-state index contributed by atoms with van der Waals surface area (Å²) in [6.07, 6.45) is 8.12. The summed E-state index contributed by atoms with van der Waals surface area (Å²) in [7, 11) is 13.5. The molecule has 0 saturated carbocycles. The number of carbonyl (C=O) groups excluding carboxylic acids is 11. The van der Waals surface area contributed by atoms with Crippen molar-refractivity contribution in [3.05, 3.63) is 0 Å². The van der Waals surface area contributed by atoms with Crippen LogP contribution in [0.4, 0.5) is 0 Å². The number of ketones is 1. The first kappa shape index (κ1) is 110. The molecule has 0 saturated heterocycles. The first-order chi connectivity index (χ1) is 38.3. The molecule has 0 aliphatic heterocycles. The molecule has 0 bridgehead atoms. The lowest BCUT2D eigenvalue weighted by atomic mass is 9.78. The van der Waals surface area contributed by atoms with E-state index in [1.54, 1.807) is 0 Å². The highest BCUT2D eigenvalue weighted by molar-refractivity contribution is 6.33. The Morgan fingerprint density at radius 2 is 0.534 bits per heavy atom. The van der Waals surface area contributed by atoms with Crippen molar-refractivity contribution in [1.29, 1.82) is 0 Å². The van der Waals surface area contributed by atoms with E-state index < -0.39 is 28.0 Å². The number of carbonyl (C=O) groups is 11. The number of esters is 10. The van der Waals surface area contributed by atoms with Crippen LogP contribution >= 0.6 is 0 Å². The van der Waals surface area contributed by atoms with E-state index in [4.69, 9.17) is 33.5 Å². The molecule has 9 atom stereocenters. The molecule has 88 heavy (non-hydrogen) atoms. The summed E-state index contributed by atoms with van der Waals surface area (Å²) in [6.45, 7) is 26.2. The fourth-order valence-electron chi connectivity index (χ4n) is 7.81. The summed E-state index contributed by atoms with van der Waals surface area (Å²) in [4.78, 5) is 124. The molecule has 13 N–H and O–H groups in total. The summed E-state index contributed by atoms with van der Waals surface area (Å²) in [5.41, 5.74) is -1.82. The molecular formula is C60H122O28. The van der Waals surface area contributed by atoms with Gasteiger partial charge in [0.15, 0.2) is 0 Å². The standard InChI is InChI=1S/3C12H22O4.C11H20O4.C7H12O3.C6H12O3.6H2O/c3*1-6-9(10(13)15-4)8-12(3,7-2)11(14)16-5;1-5-8(10(12)14-3)7-9(6-2)11(13)15-4;1-5(2)4-6(8)7(9)10-3;1-3-5(4-7)6(8)9-2;;;;;;/h3*9H,6-8H2,1-5H3;8-9H,5-7H2,1-4H3;5H,4H2,1-3H3;5,7H,3-4H2,1-2H3;6*1H2. The van der Waals surface area contributed by atoms with Crippen LogP contribution in [0.3, 0.4) is 0 Å². The van der Waals surface area contributed by atoms with Crippen LogP contribution in [0.2, 0.25) is 0 Å². The van der Waals surface area contributed by atoms with Gasteiger partial charge < -0.3 is 85.3 Å². The number of methoxy groups -OCH3 is 10. The molecule has 0 aliphatic rings. The lowest BCUT2D eigenvalue weighted by molar-refractivity contribution is -0.157. The lowest BCUT2D eigenvalue weighted by Gasteiger charge is -2.28. The van der Waals surface area contributed by atoms with Gasteiger partial charge in [0.2, 0.25) is 5.78 Å². The average molecular weight is 1290 g/mol. The van der Waals surface area contributed by atoms with Crippen LogP contribution in [0.1, 0.15) is 187 Å². The Hall–Kier alpha value is -5.91. The summed E-state index contributed by atoms with van der Waals surface area (Å²) in [5.74, 6) is -4.86. The Bertz CT molecular complexity index is 1710. The average Bonchev–Trinajstić information content (AvgIpc) is 3.49. The number of ether oxygens (including phenoxy) is 10. The number of hydrogen-bond donors (Lipinski definition) is 1. The minimum atomic E-state index is -0.742. The normalized spacial score (nSPS) is 13.6. The van der Waals surface area contributed by atoms with Crippen LogP contribution in [0, 0.1) is 57.7 Å². The molecule has 0 rings (SSSR count). The van der Waals surface area contributed by atoms with Crippen molar-refractivity contribution in [3.8, 4) is 0 Å². The molecule has 9 unspecified atom stereocenters. The monoisotopic (exact) mass is 1290 g/mol. The zero-order valence-corrected chi connectivity index (χ0v) is 57.7. The summed E-state index contributed by atoms with van der Waals surface area (Å²) >= 11 is 0. The Morgan fingerprint density at radius 1 is 0.330 bits per heavy atom. The Kier molecular flexibility index (Phi) is 78.3. The van der Waals surface area contributed by atoms with Gasteiger partial charge in [0, 0.05) is 6.42 Å². The Balaban J connectivity index is -0.0000000785. The van der Waals surface area contributed by atoms with E-state index in [2.05, 4.69) is 18.9 Å². The SMILES string of the molecule is CCC(CC(C)(CC)C(=O)OC)C(=O)OC.CCC(CC(C)(CC)C(=O)OC)C(=O)OC.CCC(CC(C)(CC)C(=O)OC)C(=O)OC.CCC(CC(CC)C(=O)OC)C(=O)OC.CCC(CO)C(=O)OC.COC(=O)C(=O)CC(C)C.O.O.O.O.O.O. The molecule has 0 aliphatic carbocycles. The van der Waals surface area contributed by atoms with Gasteiger partial charge in [0.05, 0.1) is 129 Å². The molecular weight excluding hydrogens is 1170 g/mol. The van der Waals surface area contributed by atoms with Crippen molar-refractivity contribution in [2.45, 2.75) is 187 Å². The van der Waals surface area contributed by atoms with Crippen molar-refractivity contribution in [1.82, 2.24) is 0 Å². The van der Waals surface area contributed by atoms with Gasteiger partial charge >= 0.3 is 59.7 Å². The zero-order chi connectivity index (χ0) is 65.6. The number of hydrogen-bond acceptors (Lipinski definition) is 22. The van der Waals surface area contributed by atoms with E-state index in [-0.39, 0.29) is 141 Å². The van der Waals surface area contributed by atoms with Crippen LogP contribution in [0.25, 0.3) is 0 Å². The van der Waals surface area contributed by atoms with Crippen LogP contribution < -0.4 is 0 Å². The lowest BCUT2D eigenvalue weighted by Crippen LogP contribution is -2.33. The predicted molar refractivity (Wildman–Crippen MR) is 330 cm³/mol. The van der Waals surface area contributed by atoms with Gasteiger partial charge in [0.1, 0.15) is 0 Å². The second-order valence-electron chi connectivity index (χ2n) is 20.5. The quantitative estimate of drug-likeness (QED) is 0.0596. The Labute approximate surface area is 524 Å². The molecule has 0 spiro atoms. The fourth-order valence-corrected chi connectivity index (χ4v) is 7.81. The number of aliphatic hydroxyl groups is 1. The second kappa shape index (κ2) is 62.7. The molecule has 0 aromatic heterocycles. The topological polar surface area (TPSA) is 489 Å². The van der Waals surface area contributed by atoms with E-state index in [0.29, 0.717) is 83.5 Å². The highest BCUT2D eigenvalue weighted by Gasteiger charge is 2.39. The van der Waals surface area contributed by atoms with Gasteiger partial charge in [-0.25, -0.2) is 4.79 Å². The van der Waals surface area contributed by atoms with Crippen LogP contribution in [0.15, 0.2) is 0 Å². The van der Waals surface area contributed by atoms with Crippen molar-refractivity contribution < 1.29 is 138 Å². The van der Waals surface area contributed by atoms with Crippen molar-refractivity contribution in [2.24, 2.45) is 57.7 Å². The summed E-state index contributed by atoms with van der Waals surface area (Å²) in [5, 5.41) is 8.53. The summed E-state index contributed by atoms with van der Waals surface area (Å²) < 4.78 is 46.4. The van der Waals surface area contributed by atoms with Crippen LogP contribution in [0.5, 0.6) is 0 Å². The second-order valence-corrected chi connectivity index (χ2v) is 20.5. The van der Waals surface area contributed by atoms with Crippen molar-refractivity contribution in [3.63, 3.8) is 0 Å². The maximum absolute atomic E-state index is 11.7. The fraction of sp³-hybridized carbons (Fsp3) is 0.817. The minimum Gasteiger partial charge on any atom is -0.469 e. The predicted octanol–water partition coefficient (Wildman–Crippen LogP) is 4.27. The van der Waals surface area contributed by atoms with E-state index in [9.17, 15) is 52.7 Å². The first-order valence-electron chi connectivity index (χ1n) is 28.2. The van der Waals surface area contributed by atoms with E-state index in [1.165, 1.54) is 71.1 Å². The van der Waals surface area contributed by atoms with E-state index in [1.807, 2.05) is 96.9 Å². The maximum Gasteiger partial charge on any atom is 0.374 e. The number of Topliss-reactive ketones (excluding diaryl/α,β-unsaturated/α-hetero) is 1. The van der Waals surface area contributed by atoms with Crippen molar-refractivity contribution >= 4 is 65.5 Å². The minimum absolute atomic E-state index is 0. The van der Waals surface area contributed by atoms with Gasteiger partial charge in [-0.15, -0.1) is 0 Å². The number of aliphatic hydroxyl groups excluding tert-OH is 1. The van der Waals surface area contributed by atoms with Gasteiger partial charge in [-0.1, -0.05) is 76.2 Å². The molecule has 28 heteroatoms. The van der Waals surface area contributed by atoms with Gasteiger partial charge in [-0.3, -0.25) is 47.9 Å². The molecule has 530 valence electrons. The van der Waals surface area contributed by atoms with Gasteiger partial charge in [-0.2, -0.15) is 0 Å². The molecule has 0 amide bonds. The Morgan fingerprint density at radius 3 is 0.670 bits per heavy atom. The van der Waals surface area contributed by atoms with Crippen molar-refractivity contribution in [2.75, 3.05) is 77.7 Å². The molecule has 0 aromatic rings. The first-order valence-corrected chi connectivity index (χ1v) is 28.2. The van der Waals surface area contributed by atoms with Crippen LogP contribution in [-0.4, -0.2) is 181 Å². The van der Waals surface area contributed by atoms with E-state index >= 15 is 0 Å². The maximum atomic E-state index is 11.7.